The van der Waals surface area contributed by atoms with Gasteiger partial charge in [0.05, 0.1) is 0 Å². The molecule has 1 saturated heterocycles. The molecule has 1 aliphatic heterocycles. The van der Waals surface area contributed by atoms with E-state index in [1.54, 1.807) is 0 Å². The van der Waals surface area contributed by atoms with Gasteiger partial charge in [-0.05, 0) is 33.0 Å². The van der Waals surface area contributed by atoms with Crippen LogP contribution in [-0.2, 0) is 0 Å². The molecule has 3 heterocycles. The van der Waals surface area contributed by atoms with E-state index in [2.05, 4.69) is 42.3 Å². The molecule has 20 heavy (non-hydrogen) atoms. The van der Waals surface area contributed by atoms with Crippen LogP contribution in [-0.4, -0.2) is 60.8 Å². The van der Waals surface area contributed by atoms with Gasteiger partial charge in [-0.3, -0.25) is 0 Å². The third kappa shape index (κ3) is 2.82. The van der Waals surface area contributed by atoms with Crippen molar-refractivity contribution in [3.63, 3.8) is 0 Å². The average molecular weight is 275 g/mol. The van der Waals surface area contributed by atoms with Crippen molar-refractivity contribution in [1.82, 2.24) is 34.6 Å². The Morgan fingerprint density at radius 2 is 2.05 bits per heavy atom. The van der Waals surface area contributed by atoms with E-state index in [4.69, 9.17) is 5.73 Å². The molecular weight excluding hydrogens is 258 g/mol. The summed E-state index contributed by atoms with van der Waals surface area (Å²) in [6.45, 7) is 2.13. The molecule has 0 aromatic carbocycles. The third-order valence-corrected chi connectivity index (χ3v) is 3.32. The third-order valence-electron chi connectivity index (χ3n) is 3.32. The molecule has 0 unspecified atom stereocenters. The van der Waals surface area contributed by atoms with Crippen molar-refractivity contribution in [1.29, 1.82) is 0 Å². The molecule has 0 radical (unpaired) electrons. The van der Waals surface area contributed by atoms with Crippen molar-refractivity contribution < 1.29 is 0 Å². The van der Waals surface area contributed by atoms with Gasteiger partial charge in [-0.1, -0.05) is 0 Å². The molecule has 3 N–H and O–H groups in total. The molecule has 1 aliphatic rings. The van der Waals surface area contributed by atoms with E-state index in [0.29, 0.717) is 17.9 Å². The molecule has 3 rings (SSSR count). The summed E-state index contributed by atoms with van der Waals surface area (Å²) in [5.41, 5.74) is 5.72. The molecule has 2 aromatic heterocycles. The second kappa shape index (κ2) is 5.37. The van der Waals surface area contributed by atoms with Crippen molar-refractivity contribution in [2.75, 3.05) is 31.2 Å². The van der Waals surface area contributed by atoms with Crippen LogP contribution in [0, 0.1) is 0 Å². The highest BCUT2D eigenvalue weighted by Gasteiger charge is 2.18. The SMILES string of the molecule is CN1CCC(Nc2nc(N)nc(-n3cncn3)n2)CC1. The molecule has 9 heteroatoms. The molecule has 1 fully saturated rings. The standard InChI is InChI=1S/C11H17N9/c1-19-4-2-8(3-5-19)15-10-16-9(12)17-11(18-10)20-7-13-6-14-20/h6-8H,2-5H2,1H3,(H3,12,15,16,17,18). The number of aromatic nitrogens is 6. The molecule has 106 valence electrons. The van der Waals surface area contributed by atoms with Crippen LogP contribution < -0.4 is 11.1 Å². The zero-order chi connectivity index (χ0) is 13.9. The summed E-state index contributed by atoms with van der Waals surface area (Å²) in [5.74, 6) is 1.02. The zero-order valence-electron chi connectivity index (χ0n) is 11.3. The van der Waals surface area contributed by atoms with E-state index in [-0.39, 0.29) is 5.95 Å². The van der Waals surface area contributed by atoms with Crippen molar-refractivity contribution in [2.45, 2.75) is 18.9 Å². The molecule has 9 nitrogen and oxygen atoms in total. The minimum atomic E-state index is 0.168. The first-order valence-electron chi connectivity index (χ1n) is 6.52. The Kier molecular flexibility index (Phi) is 3.42. The Balaban J connectivity index is 1.76. The van der Waals surface area contributed by atoms with Crippen LogP contribution in [0.3, 0.4) is 0 Å². The van der Waals surface area contributed by atoms with Gasteiger partial charge >= 0.3 is 0 Å². The molecule has 0 amide bonds. The Bertz CT molecular complexity index is 559. The summed E-state index contributed by atoms with van der Waals surface area (Å²) >= 11 is 0. The minimum Gasteiger partial charge on any atom is -0.368 e. The number of nitrogens with two attached hydrogens (primary N) is 1. The van der Waals surface area contributed by atoms with E-state index in [1.165, 1.54) is 17.3 Å². The topological polar surface area (TPSA) is 111 Å². The van der Waals surface area contributed by atoms with Crippen molar-refractivity contribution in [3.8, 4) is 5.95 Å². The van der Waals surface area contributed by atoms with E-state index in [0.717, 1.165) is 25.9 Å². The molecule has 0 bridgehead atoms. The van der Waals surface area contributed by atoms with Gasteiger partial charge in [0, 0.05) is 6.04 Å². The lowest BCUT2D eigenvalue weighted by Gasteiger charge is -2.29. The molecule has 0 saturated carbocycles. The maximum Gasteiger partial charge on any atom is 0.258 e. The Hall–Kier alpha value is -2.29. The lowest BCUT2D eigenvalue weighted by atomic mass is 10.1. The van der Waals surface area contributed by atoms with Gasteiger partial charge in [-0.25, -0.2) is 4.98 Å². The van der Waals surface area contributed by atoms with Crippen molar-refractivity contribution in [2.24, 2.45) is 0 Å². The Labute approximate surface area is 116 Å². The van der Waals surface area contributed by atoms with Crippen LogP contribution in [0.25, 0.3) is 5.95 Å². The van der Waals surface area contributed by atoms with Gasteiger partial charge in [-0.2, -0.15) is 24.7 Å². The Morgan fingerprint density at radius 1 is 1.25 bits per heavy atom. The predicted molar refractivity (Wildman–Crippen MR) is 73.3 cm³/mol. The average Bonchev–Trinajstić information content (AvgIpc) is 2.95. The maximum absolute atomic E-state index is 5.72. The summed E-state index contributed by atoms with van der Waals surface area (Å²) < 4.78 is 1.46. The van der Waals surface area contributed by atoms with E-state index in [9.17, 15) is 0 Å². The maximum atomic E-state index is 5.72. The smallest absolute Gasteiger partial charge is 0.258 e. The largest absolute Gasteiger partial charge is 0.368 e. The molecule has 0 atom stereocenters. The van der Waals surface area contributed by atoms with Gasteiger partial charge < -0.3 is 16.0 Å². The number of piperidine rings is 1. The van der Waals surface area contributed by atoms with E-state index >= 15 is 0 Å². The highest BCUT2D eigenvalue weighted by atomic mass is 15.4. The first-order chi connectivity index (χ1) is 9.70. The van der Waals surface area contributed by atoms with Crippen LogP contribution in [0.15, 0.2) is 12.7 Å². The van der Waals surface area contributed by atoms with Crippen molar-refractivity contribution >= 4 is 11.9 Å². The van der Waals surface area contributed by atoms with Crippen LogP contribution in [0.2, 0.25) is 0 Å². The summed E-state index contributed by atoms with van der Waals surface area (Å²) in [7, 11) is 2.12. The highest BCUT2D eigenvalue weighted by Crippen LogP contribution is 2.14. The van der Waals surface area contributed by atoms with E-state index in [1.807, 2.05) is 0 Å². The summed E-state index contributed by atoms with van der Waals surface area (Å²) in [4.78, 5) is 18.7. The number of anilines is 2. The number of hydrogen-bond donors (Lipinski definition) is 2. The summed E-state index contributed by atoms with van der Waals surface area (Å²) in [6.07, 6.45) is 5.06. The van der Waals surface area contributed by atoms with Gasteiger partial charge in [0.1, 0.15) is 12.7 Å². The second-order valence-corrected chi connectivity index (χ2v) is 4.88. The fourth-order valence-corrected chi connectivity index (χ4v) is 2.19. The lowest BCUT2D eigenvalue weighted by molar-refractivity contribution is 0.263. The zero-order valence-corrected chi connectivity index (χ0v) is 11.3. The normalized spacial score (nSPS) is 17.2. The minimum absolute atomic E-state index is 0.168. The first kappa shape index (κ1) is 12.7. The number of nitrogens with zero attached hydrogens (tertiary/aromatic N) is 7. The quantitative estimate of drug-likeness (QED) is 0.774. The van der Waals surface area contributed by atoms with Crippen LogP contribution >= 0.6 is 0 Å². The van der Waals surface area contributed by atoms with Crippen LogP contribution in [0.1, 0.15) is 12.8 Å². The van der Waals surface area contributed by atoms with Crippen molar-refractivity contribution in [3.05, 3.63) is 12.7 Å². The monoisotopic (exact) mass is 275 g/mol. The molecular formula is C11H17N9. The molecule has 2 aromatic rings. The molecule has 0 aliphatic carbocycles. The van der Waals surface area contributed by atoms with Gasteiger partial charge in [-0.15, -0.1) is 0 Å². The number of likely N-dealkylation sites (tertiary alicyclic amines) is 1. The van der Waals surface area contributed by atoms with Crippen LogP contribution in [0.4, 0.5) is 11.9 Å². The lowest BCUT2D eigenvalue weighted by Crippen LogP contribution is -2.37. The molecule has 0 spiro atoms. The highest BCUT2D eigenvalue weighted by molar-refractivity contribution is 5.35. The predicted octanol–water partition coefficient (Wildman–Crippen LogP) is -0.459. The van der Waals surface area contributed by atoms with Crippen LogP contribution in [0.5, 0.6) is 0 Å². The number of rotatable bonds is 3. The number of nitrogens with one attached hydrogen (secondary N) is 1. The summed E-state index contributed by atoms with van der Waals surface area (Å²) in [6, 6.07) is 0.358. The number of nitrogen functional groups attached to an aromatic ring is 1. The Morgan fingerprint density at radius 3 is 2.75 bits per heavy atom. The fraction of sp³-hybridized carbons (Fsp3) is 0.545. The second-order valence-electron chi connectivity index (χ2n) is 4.88. The van der Waals surface area contributed by atoms with Gasteiger partial charge in [0.2, 0.25) is 11.9 Å². The first-order valence-corrected chi connectivity index (χ1v) is 6.52. The number of hydrogen-bond acceptors (Lipinski definition) is 8. The fourth-order valence-electron chi connectivity index (χ4n) is 2.19. The van der Waals surface area contributed by atoms with E-state index < -0.39 is 0 Å². The summed E-state index contributed by atoms with van der Waals surface area (Å²) in [5, 5.41) is 7.30. The van der Waals surface area contributed by atoms with Gasteiger partial charge in [0.15, 0.2) is 0 Å². The van der Waals surface area contributed by atoms with Gasteiger partial charge in [0.25, 0.3) is 5.95 Å².